The lowest BCUT2D eigenvalue weighted by molar-refractivity contribution is -0.140. The van der Waals surface area contributed by atoms with Crippen LogP contribution in [0.25, 0.3) is 0 Å². The van der Waals surface area contributed by atoms with Gasteiger partial charge in [0.05, 0.1) is 13.7 Å². The number of ether oxygens (including phenoxy) is 2. The molecule has 0 saturated carbocycles. The summed E-state index contributed by atoms with van der Waals surface area (Å²) < 4.78 is 8.82. The van der Waals surface area contributed by atoms with E-state index in [9.17, 15) is 9.59 Å². The molecule has 0 aliphatic rings. The minimum absolute atomic E-state index is 0.226. The van der Waals surface area contributed by atoms with E-state index in [0.29, 0.717) is 32.3 Å². The fourth-order valence-corrected chi connectivity index (χ4v) is 0.605. The fraction of sp³-hybridized carbons (Fsp3) is 0.714. The largest absolute Gasteiger partial charge is 0.469 e. The minimum atomic E-state index is -0.226. The van der Waals surface area contributed by atoms with E-state index in [1.807, 2.05) is 0 Å². The molecule has 0 aliphatic heterocycles. The highest BCUT2D eigenvalue weighted by molar-refractivity contribution is 5.68. The molecule has 0 N–H and O–H groups in total. The predicted molar refractivity (Wildman–Crippen MR) is 37.9 cm³/mol. The van der Waals surface area contributed by atoms with Gasteiger partial charge in [0.1, 0.15) is 0 Å². The highest BCUT2D eigenvalue weighted by Crippen LogP contribution is 1.96. The van der Waals surface area contributed by atoms with Crippen molar-refractivity contribution >= 4 is 12.4 Å². The van der Waals surface area contributed by atoms with Gasteiger partial charge in [-0.3, -0.25) is 9.59 Å². The maximum absolute atomic E-state index is 10.5. The molecule has 0 amide bonds. The third-order valence-electron chi connectivity index (χ3n) is 1.19. The number of esters is 1. The van der Waals surface area contributed by atoms with Crippen LogP contribution in [0.3, 0.4) is 0 Å². The lowest BCUT2D eigenvalue weighted by Crippen LogP contribution is -2.00. The SMILES string of the molecule is COC(=O)CCCCOC=O. The van der Waals surface area contributed by atoms with Gasteiger partial charge in [-0.2, -0.15) is 0 Å². The van der Waals surface area contributed by atoms with E-state index < -0.39 is 0 Å². The first-order valence-electron chi connectivity index (χ1n) is 3.43. The van der Waals surface area contributed by atoms with E-state index >= 15 is 0 Å². The zero-order valence-corrected chi connectivity index (χ0v) is 6.54. The molecule has 0 aromatic rings. The molecule has 0 bridgehead atoms. The highest BCUT2D eigenvalue weighted by Gasteiger charge is 1.98. The molecule has 0 saturated heterocycles. The first kappa shape index (κ1) is 9.94. The molecule has 0 aromatic heterocycles. The maximum atomic E-state index is 10.5. The molecule has 4 nitrogen and oxygen atoms in total. The number of hydrogen-bond acceptors (Lipinski definition) is 4. The minimum Gasteiger partial charge on any atom is -0.469 e. The van der Waals surface area contributed by atoms with Crippen LogP contribution in [0.15, 0.2) is 0 Å². The van der Waals surface area contributed by atoms with Crippen LogP contribution < -0.4 is 0 Å². The third kappa shape index (κ3) is 6.83. The molecule has 0 spiro atoms. The number of carbonyl (C=O) groups is 2. The van der Waals surface area contributed by atoms with E-state index in [4.69, 9.17) is 0 Å². The van der Waals surface area contributed by atoms with Gasteiger partial charge in [0.15, 0.2) is 0 Å². The molecular weight excluding hydrogens is 148 g/mol. The van der Waals surface area contributed by atoms with E-state index in [2.05, 4.69) is 9.47 Å². The molecule has 0 fully saturated rings. The average Bonchev–Trinajstić information content (AvgIpc) is 2.04. The molecule has 11 heavy (non-hydrogen) atoms. The second kappa shape index (κ2) is 7.05. The Morgan fingerprint density at radius 2 is 2.18 bits per heavy atom. The van der Waals surface area contributed by atoms with Crippen LogP contribution in [0.5, 0.6) is 0 Å². The molecule has 0 unspecified atom stereocenters. The monoisotopic (exact) mass is 160 g/mol. The summed E-state index contributed by atoms with van der Waals surface area (Å²) in [6, 6.07) is 0. The van der Waals surface area contributed by atoms with Crippen molar-refractivity contribution in [3.05, 3.63) is 0 Å². The second-order valence-corrected chi connectivity index (χ2v) is 2.00. The van der Waals surface area contributed by atoms with Crippen molar-refractivity contribution < 1.29 is 19.1 Å². The van der Waals surface area contributed by atoms with Gasteiger partial charge >= 0.3 is 5.97 Å². The number of unbranched alkanes of at least 4 members (excludes halogenated alkanes) is 1. The quantitative estimate of drug-likeness (QED) is 0.322. The lowest BCUT2D eigenvalue weighted by atomic mass is 10.2. The molecule has 4 heteroatoms. The summed E-state index contributed by atoms with van der Waals surface area (Å²) in [5, 5.41) is 0. The van der Waals surface area contributed by atoms with Gasteiger partial charge < -0.3 is 9.47 Å². The Bertz CT molecular complexity index is 122. The van der Waals surface area contributed by atoms with Crippen molar-refractivity contribution in [1.29, 1.82) is 0 Å². The van der Waals surface area contributed by atoms with Gasteiger partial charge in [-0.15, -0.1) is 0 Å². The van der Waals surface area contributed by atoms with Gasteiger partial charge in [0.2, 0.25) is 0 Å². The second-order valence-electron chi connectivity index (χ2n) is 2.00. The van der Waals surface area contributed by atoms with Crippen LogP contribution >= 0.6 is 0 Å². The van der Waals surface area contributed by atoms with Crippen LogP contribution in [-0.2, 0) is 19.1 Å². The lowest BCUT2D eigenvalue weighted by Gasteiger charge is -1.98. The zero-order valence-electron chi connectivity index (χ0n) is 6.54. The van der Waals surface area contributed by atoms with Crippen LogP contribution in [0, 0.1) is 0 Å². The van der Waals surface area contributed by atoms with Crippen LogP contribution in [0.2, 0.25) is 0 Å². The van der Waals surface area contributed by atoms with E-state index in [1.165, 1.54) is 7.11 Å². The van der Waals surface area contributed by atoms with Crippen molar-refractivity contribution in [1.82, 2.24) is 0 Å². The molecule has 0 rings (SSSR count). The molecular formula is C7H12O4. The first-order chi connectivity index (χ1) is 5.31. The van der Waals surface area contributed by atoms with Gasteiger partial charge in [-0.1, -0.05) is 0 Å². The highest BCUT2D eigenvalue weighted by atomic mass is 16.5. The van der Waals surface area contributed by atoms with Crippen molar-refractivity contribution in [3.8, 4) is 0 Å². The zero-order chi connectivity index (χ0) is 8.53. The molecule has 0 heterocycles. The third-order valence-corrected chi connectivity index (χ3v) is 1.19. The number of carbonyl (C=O) groups excluding carboxylic acids is 2. The Morgan fingerprint density at radius 1 is 1.45 bits per heavy atom. The number of rotatable bonds is 6. The van der Waals surface area contributed by atoms with Gasteiger partial charge in [0, 0.05) is 6.42 Å². The van der Waals surface area contributed by atoms with E-state index in [-0.39, 0.29) is 5.97 Å². The average molecular weight is 160 g/mol. The van der Waals surface area contributed by atoms with Gasteiger partial charge in [-0.25, -0.2) is 0 Å². The summed E-state index contributed by atoms with van der Waals surface area (Å²) in [6.07, 6.45) is 1.78. The summed E-state index contributed by atoms with van der Waals surface area (Å²) in [6.45, 7) is 0.776. The van der Waals surface area contributed by atoms with Crippen LogP contribution in [0.1, 0.15) is 19.3 Å². The summed E-state index contributed by atoms with van der Waals surface area (Å²) in [5.41, 5.74) is 0. The van der Waals surface area contributed by atoms with Crippen LogP contribution in [-0.4, -0.2) is 26.2 Å². The molecule has 0 atom stereocenters. The van der Waals surface area contributed by atoms with Crippen molar-refractivity contribution in [3.63, 3.8) is 0 Å². The Kier molecular flexibility index (Phi) is 6.37. The van der Waals surface area contributed by atoms with Crippen molar-refractivity contribution in [2.75, 3.05) is 13.7 Å². The Morgan fingerprint density at radius 3 is 2.73 bits per heavy atom. The standard InChI is InChI=1S/C7H12O4/c1-10-7(9)4-2-3-5-11-6-8/h6H,2-5H2,1H3. The molecule has 64 valence electrons. The fourth-order valence-electron chi connectivity index (χ4n) is 0.605. The smallest absolute Gasteiger partial charge is 0.305 e. The summed E-state index contributed by atoms with van der Waals surface area (Å²) in [4.78, 5) is 20.2. The first-order valence-corrected chi connectivity index (χ1v) is 3.43. The van der Waals surface area contributed by atoms with Gasteiger partial charge in [0.25, 0.3) is 6.47 Å². The van der Waals surface area contributed by atoms with E-state index in [0.717, 1.165) is 0 Å². The van der Waals surface area contributed by atoms with Crippen LogP contribution in [0.4, 0.5) is 0 Å². The van der Waals surface area contributed by atoms with E-state index in [1.54, 1.807) is 0 Å². The Hall–Kier alpha value is -1.06. The van der Waals surface area contributed by atoms with Crippen molar-refractivity contribution in [2.24, 2.45) is 0 Å². The summed E-state index contributed by atoms with van der Waals surface area (Å²) >= 11 is 0. The normalized spacial score (nSPS) is 8.82. The summed E-state index contributed by atoms with van der Waals surface area (Å²) in [7, 11) is 1.35. The van der Waals surface area contributed by atoms with Gasteiger partial charge in [-0.05, 0) is 12.8 Å². The Labute approximate surface area is 65.5 Å². The number of hydrogen-bond donors (Lipinski definition) is 0. The number of methoxy groups -OCH3 is 1. The summed E-state index contributed by atoms with van der Waals surface area (Å²) in [5.74, 6) is -0.226. The van der Waals surface area contributed by atoms with Crippen molar-refractivity contribution in [2.45, 2.75) is 19.3 Å². The maximum Gasteiger partial charge on any atom is 0.305 e. The molecule has 0 radical (unpaired) electrons. The predicted octanol–water partition coefficient (Wildman–Crippen LogP) is 0.503. The molecule has 0 aliphatic carbocycles. The topological polar surface area (TPSA) is 52.6 Å². The Balaban J connectivity index is 3.01. The molecule has 0 aromatic carbocycles.